The normalized spacial score (nSPS) is 21.6. The first-order valence-electron chi connectivity index (χ1n) is 30.3. The van der Waals surface area contributed by atoms with Crippen molar-refractivity contribution in [3.8, 4) is 0 Å². The molecule has 5 aromatic rings. The lowest BCUT2D eigenvalue weighted by molar-refractivity contribution is -0.144. The van der Waals surface area contributed by atoms with Crippen molar-refractivity contribution in [2.75, 3.05) is 26.0 Å². The van der Waals surface area contributed by atoms with Crippen molar-refractivity contribution >= 4 is 63.8 Å². The third-order valence-electron chi connectivity index (χ3n) is 18.0. The molecule has 1 fully saturated rings. The summed E-state index contributed by atoms with van der Waals surface area (Å²) in [5, 5.41) is 25.3. The fourth-order valence-corrected chi connectivity index (χ4v) is 12.9. The molecule has 452 valence electrons. The number of nitrogens with zero attached hydrogens (tertiary/aromatic N) is 2. The Morgan fingerprint density at radius 3 is 1.81 bits per heavy atom. The number of hydrogen-bond acceptors (Lipinski definition) is 10. The number of likely N-dealkylation sites (tertiary alicyclic amines) is 1. The van der Waals surface area contributed by atoms with Crippen LogP contribution in [0.4, 0.5) is 10.5 Å². The monoisotopic (exact) mass is 1160 g/mol. The number of likely N-dealkylation sites (N-methyl/N-ethyl adjacent to an activating group) is 2. The van der Waals surface area contributed by atoms with Gasteiger partial charge in [0.1, 0.15) is 12.1 Å². The number of nitrogens with one attached hydrogen (secondary N) is 8. The average molecular weight is 1160 g/mol. The molecule has 7 amide bonds. The summed E-state index contributed by atoms with van der Waals surface area (Å²) < 4.78 is 1.42. The number of carbonyl (C=O) groups excluding carboxylic acids is 8. The molecule has 0 radical (unpaired) electrons. The summed E-state index contributed by atoms with van der Waals surface area (Å²) in [7, 11) is 3.35. The van der Waals surface area contributed by atoms with E-state index in [-0.39, 0.29) is 66.4 Å². The molecule has 85 heavy (non-hydrogen) atoms. The second-order valence-electron chi connectivity index (χ2n) is 26.2. The molecule has 1 aliphatic heterocycles. The maximum atomic E-state index is 14.8. The lowest BCUT2D eigenvalue weighted by atomic mass is 9.71. The predicted octanol–water partition coefficient (Wildman–Crippen LogP) is 7.38. The summed E-state index contributed by atoms with van der Waals surface area (Å²) in [5.74, 6) is -3.06. The number of ketones is 1. The van der Waals surface area contributed by atoms with E-state index < -0.39 is 76.8 Å². The average Bonchev–Trinajstić information content (AvgIpc) is 2.90. The number of Topliss-reactive ketones (excluding diaryl/α,β-unsaturated/α-hetero) is 1. The second kappa shape index (κ2) is 25.9. The minimum atomic E-state index is -0.987. The summed E-state index contributed by atoms with van der Waals surface area (Å²) in [4.78, 5) is 115. The zero-order valence-electron chi connectivity index (χ0n) is 50.9. The largest absolute Gasteiger partial charge is 0.349 e. The number of aromatic nitrogens is 1. The van der Waals surface area contributed by atoms with Crippen LogP contribution in [0.3, 0.4) is 0 Å². The second-order valence-corrected chi connectivity index (χ2v) is 26.2. The van der Waals surface area contributed by atoms with E-state index in [1.54, 1.807) is 58.4 Å². The SMILES string of the molecule is CNC(C)C(=O)NC(C(=O)CC1Cc2cc(NC(=O)c3ccc4ccn(C(=O)NC5CC(C(=O)NC6CCCc7ccccc76)N(C(=O)C(NC(=O)C(C)NC)C(C)(C)C)C5)c4c3)ccc2CC1C(=O)NC1CCCc2ccccc21)C(C)(C)C. The van der Waals surface area contributed by atoms with Crippen LogP contribution in [0.25, 0.3) is 10.9 Å². The zero-order valence-corrected chi connectivity index (χ0v) is 50.9. The topological polar surface area (TPSA) is 241 Å². The van der Waals surface area contributed by atoms with Crippen LogP contribution in [0, 0.1) is 22.7 Å². The number of anilines is 1. The van der Waals surface area contributed by atoms with E-state index in [0.29, 0.717) is 29.4 Å². The molecule has 2 heterocycles. The summed E-state index contributed by atoms with van der Waals surface area (Å²) in [5.41, 5.74) is 6.31. The van der Waals surface area contributed by atoms with Crippen molar-refractivity contribution in [3.05, 3.63) is 136 Å². The summed E-state index contributed by atoms with van der Waals surface area (Å²) in [6, 6.07) is 23.3. The number of benzene rings is 4. The molecule has 9 rings (SSSR count). The van der Waals surface area contributed by atoms with E-state index in [4.69, 9.17) is 0 Å². The van der Waals surface area contributed by atoms with Crippen LogP contribution < -0.4 is 42.5 Å². The molecule has 0 saturated carbocycles. The number of aryl methyl sites for hydroxylation is 2. The Morgan fingerprint density at radius 2 is 1.21 bits per heavy atom. The standard InChI is InChI=1S/C67H86N10O8/c1-38(68-9)59(79)74-57(66(3,4)5)56(78)35-46-31-45-32-47(28-27-43(45)33-51(46)62(82)72-52-23-15-19-40-17-11-13-21-49(40)52)70-61(81)44-26-25-42-29-30-76(54(42)34-44)65(85)71-48-36-55(63(83)73-53-24-16-20-41-18-12-14-22-50(41)53)77(37-48)64(84)58(67(6,7)8)75-60(80)39(2)69-10/h11-14,17-18,21-22,25-30,32,34,38-39,46,48,51-53,55,57-58,68-69H,15-16,19-20,23-24,31,33,35-37H2,1-10H3,(H,70,81)(H,71,85)(H,72,82)(H,73,83)(H,74,79)(H,75,80). The predicted molar refractivity (Wildman–Crippen MR) is 329 cm³/mol. The van der Waals surface area contributed by atoms with Gasteiger partial charge >= 0.3 is 6.03 Å². The van der Waals surface area contributed by atoms with E-state index in [0.717, 1.165) is 60.8 Å². The summed E-state index contributed by atoms with van der Waals surface area (Å²) in [6.45, 7) is 14.8. The highest BCUT2D eigenvalue weighted by Crippen LogP contribution is 2.38. The van der Waals surface area contributed by atoms with E-state index >= 15 is 0 Å². The smallest absolute Gasteiger partial charge is 0.326 e. The lowest BCUT2D eigenvalue weighted by Crippen LogP contribution is -2.59. The van der Waals surface area contributed by atoms with Crippen molar-refractivity contribution in [1.29, 1.82) is 0 Å². The number of hydrogen-bond donors (Lipinski definition) is 8. The van der Waals surface area contributed by atoms with Gasteiger partial charge in [-0.2, -0.15) is 0 Å². The van der Waals surface area contributed by atoms with Gasteiger partial charge in [0.25, 0.3) is 5.91 Å². The molecule has 1 saturated heterocycles. The molecule has 8 N–H and O–H groups in total. The Hall–Kier alpha value is -7.70. The van der Waals surface area contributed by atoms with Gasteiger partial charge in [-0.1, -0.05) is 102 Å². The molecule has 10 unspecified atom stereocenters. The van der Waals surface area contributed by atoms with Crippen LogP contribution in [-0.4, -0.2) is 114 Å². The van der Waals surface area contributed by atoms with E-state index in [2.05, 4.69) is 60.7 Å². The first kappa shape index (κ1) is 61.8. The molecular formula is C67H86N10O8. The van der Waals surface area contributed by atoms with Gasteiger partial charge < -0.3 is 47.4 Å². The van der Waals surface area contributed by atoms with Crippen molar-refractivity contribution in [1.82, 2.24) is 46.7 Å². The highest BCUT2D eigenvalue weighted by Gasteiger charge is 2.47. The molecule has 0 bridgehead atoms. The van der Waals surface area contributed by atoms with Crippen LogP contribution in [0.5, 0.6) is 0 Å². The van der Waals surface area contributed by atoms with Crippen molar-refractivity contribution in [2.24, 2.45) is 22.7 Å². The van der Waals surface area contributed by atoms with Crippen molar-refractivity contribution in [3.63, 3.8) is 0 Å². The quantitative estimate of drug-likeness (QED) is 0.0460. The summed E-state index contributed by atoms with van der Waals surface area (Å²) in [6.07, 6.45) is 7.80. The molecule has 10 atom stereocenters. The molecular weight excluding hydrogens is 1070 g/mol. The first-order valence-corrected chi connectivity index (χ1v) is 30.3. The maximum absolute atomic E-state index is 14.8. The van der Waals surface area contributed by atoms with Crippen LogP contribution >= 0.6 is 0 Å². The van der Waals surface area contributed by atoms with Gasteiger partial charge in [-0.05, 0) is 166 Å². The molecule has 18 nitrogen and oxygen atoms in total. The van der Waals surface area contributed by atoms with E-state index in [9.17, 15) is 38.4 Å². The van der Waals surface area contributed by atoms with Crippen LogP contribution in [0.2, 0.25) is 0 Å². The fraction of sp³-hybridized carbons (Fsp3) is 0.493. The van der Waals surface area contributed by atoms with Gasteiger partial charge in [-0.25, -0.2) is 4.79 Å². The minimum Gasteiger partial charge on any atom is -0.349 e. The Bertz CT molecular complexity index is 3360. The fourth-order valence-electron chi connectivity index (χ4n) is 12.9. The van der Waals surface area contributed by atoms with Gasteiger partial charge in [0.05, 0.1) is 41.8 Å². The Labute approximate surface area is 499 Å². The Kier molecular flexibility index (Phi) is 18.8. The van der Waals surface area contributed by atoms with Crippen LogP contribution in [0.15, 0.2) is 97.2 Å². The third kappa shape index (κ3) is 14.0. The van der Waals surface area contributed by atoms with Gasteiger partial charge in [0.2, 0.25) is 29.5 Å². The Balaban J connectivity index is 0.927. The molecule has 0 spiro atoms. The highest BCUT2D eigenvalue weighted by atomic mass is 16.2. The summed E-state index contributed by atoms with van der Waals surface area (Å²) >= 11 is 0. The lowest BCUT2D eigenvalue weighted by Gasteiger charge is -2.37. The third-order valence-corrected chi connectivity index (χ3v) is 18.0. The number of fused-ring (bicyclic) bond motifs is 4. The minimum absolute atomic E-state index is 0.00787. The van der Waals surface area contributed by atoms with Crippen molar-refractivity contribution < 1.29 is 38.4 Å². The van der Waals surface area contributed by atoms with Crippen LogP contribution in [-0.2, 0) is 54.5 Å². The van der Waals surface area contributed by atoms with Crippen LogP contribution in [0.1, 0.15) is 150 Å². The zero-order chi connectivity index (χ0) is 61.1. The highest BCUT2D eigenvalue weighted by molar-refractivity contribution is 6.07. The number of carbonyl (C=O) groups is 8. The first-order chi connectivity index (χ1) is 40.4. The van der Waals surface area contributed by atoms with Gasteiger partial charge in [-0.15, -0.1) is 0 Å². The van der Waals surface area contributed by atoms with Gasteiger partial charge in [-0.3, -0.25) is 38.1 Å². The van der Waals surface area contributed by atoms with Crippen molar-refractivity contribution in [2.45, 2.75) is 168 Å². The van der Waals surface area contributed by atoms with E-state index in [1.165, 1.54) is 20.6 Å². The Morgan fingerprint density at radius 1 is 0.624 bits per heavy atom. The molecule has 1 aromatic heterocycles. The molecule has 4 aromatic carbocycles. The maximum Gasteiger partial charge on any atom is 0.326 e. The van der Waals surface area contributed by atoms with Gasteiger partial charge in [0.15, 0.2) is 5.78 Å². The number of rotatable bonds is 17. The molecule has 3 aliphatic carbocycles. The van der Waals surface area contributed by atoms with E-state index in [1.807, 2.05) is 90.1 Å². The number of amides is 7. The molecule has 4 aliphatic rings. The van der Waals surface area contributed by atoms with Gasteiger partial charge in [0, 0.05) is 41.7 Å². The molecule has 18 heteroatoms.